The second-order valence-electron chi connectivity index (χ2n) is 3.69. The van der Waals surface area contributed by atoms with Crippen molar-refractivity contribution in [2.45, 2.75) is 6.92 Å². The molecule has 0 aliphatic carbocycles. The zero-order valence-corrected chi connectivity index (χ0v) is 9.18. The van der Waals surface area contributed by atoms with Crippen LogP contribution in [0.15, 0.2) is 24.5 Å². The minimum absolute atomic E-state index is 0.381. The van der Waals surface area contributed by atoms with Crippen LogP contribution >= 0.6 is 0 Å². The Kier molecular flexibility index (Phi) is 2.01. The van der Waals surface area contributed by atoms with E-state index in [4.69, 9.17) is 5.73 Å². The zero-order chi connectivity index (χ0) is 11.8. The molecule has 3 heterocycles. The highest BCUT2D eigenvalue weighted by atomic mass is 15.1. The van der Waals surface area contributed by atoms with Crippen LogP contribution in [0.5, 0.6) is 0 Å². The van der Waals surface area contributed by atoms with Gasteiger partial charge in [-0.1, -0.05) is 0 Å². The molecule has 0 unspecified atom stereocenters. The molecule has 3 rings (SSSR count). The lowest BCUT2D eigenvalue weighted by atomic mass is 10.2. The first-order chi connectivity index (χ1) is 8.24. The number of rotatable bonds is 1. The van der Waals surface area contributed by atoms with Gasteiger partial charge < -0.3 is 10.7 Å². The topological polar surface area (TPSA) is 93.4 Å². The predicted molar refractivity (Wildman–Crippen MR) is 64.1 cm³/mol. The second kappa shape index (κ2) is 3.51. The molecule has 3 aromatic heterocycles. The molecule has 0 atom stereocenters. The van der Waals surface area contributed by atoms with Crippen LogP contribution in [0, 0.1) is 6.92 Å². The highest BCUT2D eigenvalue weighted by Gasteiger charge is 2.10. The molecule has 3 aromatic rings. The minimum Gasteiger partial charge on any atom is -0.382 e. The number of aromatic nitrogens is 5. The van der Waals surface area contributed by atoms with E-state index >= 15 is 0 Å². The predicted octanol–water partition coefficient (Wildman–Crippen LogP) is 1.31. The van der Waals surface area contributed by atoms with Gasteiger partial charge >= 0.3 is 0 Å². The molecule has 6 nitrogen and oxygen atoms in total. The smallest absolute Gasteiger partial charge is 0.164 e. The van der Waals surface area contributed by atoms with Gasteiger partial charge in [0.2, 0.25) is 0 Å². The second-order valence-corrected chi connectivity index (χ2v) is 3.69. The van der Waals surface area contributed by atoms with E-state index in [1.165, 1.54) is 0 Å². The molecule has 6 heteroatoms. The molecule has 3 N–H and O–H groups in total. The van der Waals surface area contributed by atoms with Crippen molar-refractivity contribution in [3.05, 3.63) is 30.4 Å². The number of hydrogen-bond acceptors (Lipinski definition) is 5. The summed E-state index contributed by atoms with van der Waals surface area (Å²) < 4.78 is 0. The van der Waals surface area contributed by atoms with Crippen LogP contribution in [0.3, 0.4) is 0 Å². The van der Waals surface area contributed by atoms with E-state index < -0.39 is 0 Å². The summed E-state index contributed by atoms with van der Waals surface area (Å²) in [5, 5.41) is 0. The molecular formula is C11H10N6. The van der Waals surface area contributed by atoms with Gasteiger partial charge in [0.1, 0.15) is 11.3 Å². The number of aryl methyl sites for hydroxylation is 1. The fourth-order valence-corrected chi connectivity index (χ4v) is 1.67. The van der Waals surface area contributed by atoms with Crippen molar-refractivity contribution < 1.29 is 0 Å². The van der Waals surface area contributed by atoms with E-state index in [2.05, 4.69) is 24.9 Å². The van der Waals surface area contributed by atoms with E-state index in [0.29, 0.717) is 22.8 Å². The zero-order valence-electron chi connectivity index (χ0n) is 9.18. The monoisotopic (exact) mass is 226 g/mol. The summed E-state index contributed by atoms with van der Waals surface area (Å²) in [6.45, 7) is 1.85. The number of nitrogens with two attached hydrogens (primary N) is 1. The summed E-state index contributed by atoms with van der Waals surface area (Å²) in [6, 6.07) is 3.67. The van der Waals surface area contributed by atoms with Gasteiger partial charge in [-0.25, -0.2) is 15.0 Å². The lowest BCUT2D eigenvalue weighted by Crippen LogP contribution is -1.97. The molecule has 0 saturated carbocycles. The first kappa shape index (κ1) is 9.71. The molecule has 0 amide bonds. The van der Waals surface area contributed by atoms with E-state index in [1.807, 2.05) is 19.1 Å². The molecule has 0 radical (unpaired) electrons. The number of pyridine rings is 1. The van der Waals surface area contributed by atoms with Crippen molar-refractivity contribution in [2.75, 3.05) is 5.73 Å². The molecule has 0 bridgehead atoms. The first-order valence-electron chi connectivity index (χ1n) is 5.14. The Morgan fingerprint density at radius 1 is 1.12 bits per heavy atom. The van der Waals surface area contributed by atoms with E-state index in [-0.39, 0.29) is 0 Å². The summed E-state index contributed by atoms with van der Waals surface area (Å²) in [5.74, 6) is 1.72. The number of anilines is 1. The summed E-state index contributed by atoms with van der Waals surface area (Å²) >= 11 is 0. The Balaban J connectivity index is 2.25. The Bertz CT molecular complexity index is 673. The third-order valence-electron chi connectivity index (χ3n) is 2.43. The molecule has 0 aliphatic rings. The quantitative estimate of drug-likeness (QED) is 0.652. The molecule has 0 spiro atoms. The third-order valence-corrected chi connectivity index (χ3v) is 2.43. The lowest BCUT2D eigenvalue weighted by Gasteiger charge is -2.00. The fraction of sp³-hybridized carbons (Fsp3) is 0.0909. The number of aromatic amines is 1. The summed E-state index contributed by atoms with van der Waals surface area (Å²) in [4.78, 5) is 19.9. The summed E-state index contributed by atoms with van der Waals surface area (Å²) in [6.07, 6.45) is 3.38. The standard InChI is InChI=1S/C11H10N6/c1-6-14-8-9(12)16-10(17-11(8)15-6)7-2-4-13-5-3-7/h2-5H,1H3,(H3,12,14,15,16,17). The van der Waals surface area contributed by atoms with Gasteiger partial charge in [-0.3, -0.25) is 4.98 Å². The molecule has 84 valence electrons. The van der Waals surface area contributed by atoms with Gasteiger partial charge in [-0.2, -0.15) is 0 Å². The number of nitrogens with zero attached hydrogens (tertiary/aromatic N) is 4. The van der Waals surface area contributed by atoms with Crippen molar-refractivity contribution in [3.8, 4) is 11.4 Å². The minimum atomic E-state index is 0.381. The molecule has 17 heavy (non-hydrogen) atoms. The lowest BCUT2D eigenvalue weighted by molar-refractivity contribution is 1.16. The van der Waals surface area contributed by atoms with E-state index in [1.54, 1.807) is 12.4 Å². The number of hydrogen-bond donors (Lipinski definition) is 2. The number of H-pyrrole nitrogens is 1. The van der Waals surface area contributed by atoms with Gasteiger partial charge in [-0.05, 0) is 19.1 Å². The van der Waals surface area contributed by atoms with Crippen LogP contribution in [-0.2, 0) is 0 Å². The van der Waals surface area contributed by atoms with Gasteiger partial charge in [0, 0.05) is 18.0 Å². The molecule has 0 aliphatic heterocycles. The van der Waals surface area contributed by atoms with Crippen LogP contribution in [0.4, 0.5) is 5.82 Å². The fourth-order valence-electron chi connectivity index (χ4n) is 1.67. The number of nitrogens with one attached hydrogen (secondary N) is 1. The molecule has 0 saturated heterocycles. The Hall–Kier alpha value is -2.50. The maximum absolute atomic E-state index is 5.86. The van der Waals surface area contributed by atoms with Gasteiger partial charge in [0.15, 0.2) is 17.3 Å². The average molecular weight is 226 g/mol. The molecular weight excluding hydrogens is 216 g/mol. The largest absolute Gasteiger partial charge is 0.382 e. The maximum Gasteiger partial charge on any atom is 0.164 e. The molecule has 0 aromatic carbocycles. The van der Waals surface area contributed by atoms with Crippen molar-refractivity contribution in [1.82, 2.24) is 24.9 Å². The first-order valence-corrected chi connectivity index (χ1v) is 5.14. The van der Waals surface area contributed by atoms with E-state index in [0.717, 1.165) is 11.4 Å². The van der Waals surface area contributed by atoms with Crippen molar-refractivity contribution >= 4 is 17.0 Å². The van der Waals surface area contributed by atoms with Gasteiger partial charge in [-0.15, -0.1) is 0 Å². The number of fused-ring (bicyclic) bond motifs is 1. The molecule has 0 fully saturated rings. The van der Waals surface area contributed by atoms with Crippen LogP contribution < -0.4 is 5.73 Å². The maximum atomic E-state index is 5.86. The SMILES string of the molecule is Cc1nc2c(N)nc(-c3ccncc3)nc2[nH]1. The Labute approximate surface area is 97.0 Å². The highest BCUT2D eigenvalue weighted by molar-refractivity contribution is 5.83. The Morgan fingerprint density at radius 3 is 2.65 bits per heavy atom. The van der Waals surface area contributed by atoms with E-state index in [9.17, 15) is 0 Å². The summed E-state index contributed by atoms with van der Waals surface area (Å²) in [5.41, 5.74) is 8.00. The van der Waals surface area contributed by atoms with Crippen LogP contribution in [0.2, 0.25) is 0 Å². The van der Waals surface area contributed by atoms with Crippen LogP contribution in [-0.4, -0.2) is 24.9 Å². The van der Waals surface area contributed by atoms with Crippen molar-refractivity contribution in [3.63, 3.8) is 0 Å². The van der Waals surface area contributed by atoms with Crippen molar-refractivity contribution in [1.29, 1.82) is 0 Å². The number of imidazole rings is 1. The summed E-state index contributed by atoms with van der Waals surface area (Å²) in [7, 11) is 0. The van der Waals surface area contributed by atoms with Gasteiger partial charge in [0.05, 0.1) is 0 Å². The Morgan fingerprint density at radius 2 is 1.88 bits per heavy atom. The van der Waals surface area contributed by atoms with Crippen LogP contribution in [0.25, 0.3) is 22.6 Å². The van der Waals surface area contributed by atoms with Crippen LogP contribution in [0.1, 0.15) is 5.82 Å². The van der Waals surface area contributed by atoms with Gasteiger partial charge in [0.25, 0.3) is 0 Å². The van der Waals surface area contributed by atoms with Crippen molar-refractivity contribution in [2.24, 2.45) is 0 Å². The third kappa shape index (κ3) is 1.59. The average Bonchev–Trinajstić information content (AvgIpc) is 2.71. The normalized spacial score (nSPS) is 10.9. The highest BCUT2D eigenvalue weighted by Crippen LogP contribution is 2.20. The number of nitrogen functional groups attached to an aromatic ring is 1.